The van der Waals surface area contributed by atoms with E-state index in [1.165, 1.54) is 4.88 Å². The van der Waals surface area contributed by atoms with E-state index in [2.05, 4.69) is 18.1 Å². The minimum absolute atomic E-state index is 0.216. The number of carbonyl (C=O) groups excluding carboxylic acids is 1. The smallest absolute Gasteiger partial charge is 0.293 e. The topological polar surface area (TPSA) is 59.5 Å². The normalized spacial score (nSPS) is 10.9. The predicted molar refractivity (Wildman–Crippen MR) is 103 cm³/mol. The van der Waals surface area contributed by atoms with Crippen molar-refractivity contribution >= 4 is 17.2 Å². The molecule has 0 saturated carbocycles. The first-order valence-electron chi connectivity index (χ1n) is 8.58. The van der Waals surface area contributed by atoms with Crippen LogP contribution in [0.3, 0.4) is 0 Å². The van der Waals surface area contributed by atoms with Crippen molar-refractivity contribution in [3.05, 3.63) is 88.2 Å². The monoisotopic (exact) mass is 378 g/mol. The van der Waals surface area contributed by atoms with Gasteiger partial charge in [0.15, 0.2) is 0 Å². The lowest BCUT2D eigenvalue weighted by Crippen LogP contribution is -2.29. The highest BCUT2D eigenvalue weighted by atomic mass is 32.1. The van der Waals surface area contributed by atoms with Crippen molar-refractivity contribution in [2.24, 2.45) is 0 Å². The van der Waals surface area contributed by atoms with Crippen LogP contribution in [0.25, 0.3) is 11.3 Å². The van der Waals surface area contributed by atoms with Crippen molar-refractivity contribution in [2.45, 2.75) is 20.0 Å². The molecule has 0 saturated heterocycles. The molecule has 5 nitrogen and oxygen atoms in total. The third-order valence-electron chi connectivity index (χ3n) is 4.15. The fourth-order valence-corrected chi connectivity index (χ4v) is 3.73. The summed E-state index contributed by atoms with van der Waals surface area (Å²) in [5.41, 5.74) is 1.55. The Kier molecular flexibility index (Phi) is 4.89. The number of aryl methyl sites for hydroxylation is 1. The van der Waals surface area contributed by atoms with Crippen LogP contribution in [0.1, 0.15) is 26.1 Å². The molecule has 0 aliphatic carbocycles. The number of aromatic nitrogens is 1. The van der Waals surface area contributed by atoms with Crippen LogP contribution < -0.4 is 0 Å². The molecule has 0 N–H and O–H groups in total. The van der Waals surface area contributed by atoms with Crippen molar-refractivity contribution < 1.29 is 13.7 Å². The van der Waals surface area contributed by atoms with E-state index in [0.29, 0.717) is 18.8 Å². The average molecular weight is 378 g/mol. The molecule has 27 heavy (non-hydrogen) atoms. The van der Waals surface area contributed by atoms with E-state index in [0.717, 1.165) is 16.2 Å². The van der Waals surface area contributed by atoms with E-state index >= 15 is 0 Å². The molecular weight excluding hydrogens is 360 g/mol. The lowest BCUT2D eigenvalue weighted by Gasteiger charge is -2.19. The number of nitrogens with zero attached hydrogens (tertiary/aromatic N) is 2. The summed E-state index contributed by atoms with van der Waals surface area (Å²) >= 11 is 1.67. The molecule has 0 radical (unpaired) electrons. The highest BCUT2D eigenvalue weighted by Gasteiger charge is 2.23. The zero-order chi connectivity index (χ0) is 18.6. The van der Waals surface area contributed by atoms with Crippen LogP contribution in [-0.4, -0.2) is 16.0 Å². The van der Waals surface area contributed by atoms with Gasteiger partial charge in [0.05, 0.1) is 19.4 Å². The number of hydrogen-bond acceptors (Lipinski definition) is 5. The lowest BCUT2D eigenvalue weighted by atomic mass is 10.1. The van der Waals surface area contributed by atoms with Crippen LogP contribution in [-0.2, 0) is 13.1 Å². The molecule has 0 atom stereocenters. The number of furan rings is 1. The van der Waals surface area contributed by atoms with E-state index in [-0.39, 0.29) is 11.7 Å². The lowest BCUT2D eigenvalue weighted by molar-refractivity contribution is 0.0677. The number of rotatable bonds is 6. The van der Waals surface area contributed by atoms with Gasteiger partial charge in [-0.1, -0.05) is 35.5 Å². The summed E-state index contributed by atoms with van der Waals surface area (Å²) in [6, 6.07) is 19.1. The van der Waals surface area contributed by atoms with Crippen LogP contribution in [0, 0.1) is 6.92 Å². The Labute approximate surface area is 160 Å². The van der Waals surface area contributed by atoms with Crippen molar-refractivity contribution in [3.63, 3.8) is 0 Å². The van der Waals surface area contributed by atoms with Crippen LogP contribution in [0.5, 0.6) is 0 Å². The maximum Gasteiger partial charge on any atom is 0.293 e. The number of thiophene rings is 1. The molecule has 0 aliphatic rings. The Balaban J connectivity index is 1.59. The molecule has 1 amide bonds. The van der Waals surface area contributed by atoms with Gasteiger partial charge in [-0.15, -0.1) is 11.3 Å². The third-order valence-corrected chi connectivity index (χ3v) is 5.13. The molecular formula is C21H18N2O3S. The predicted octanol–water partition coefficient (Wildman–Crippen LogP) is 5.15. The van der Waals surface area contributed by atoms with Gasteiger partial charge in [-0.2, -0.15) is 0 Å². The van der Waals surface area contributed by atoms with Crippen molar-refractivity contribution in [1.82, 2.24) is 10.1 Å². The minimum atomic E-state index is -0.216. The summed E-state index contributed by atoms with van der Waals surface area (Å²) in [4.78, 5) is 17.1. The SMILES string of the molecule is Cc1ccc(CN(Cc2ccco2)C(=O)c2cc(-c3ccccc3)no2)s1. The molecule has 0 fully saturated rings. The number of amides is 1. The first-order chi connectivity index (χ1) is 13.2. The summed E-state index contributed by atoms with van der Waals surface area (Å²) in [5, 5.41) is 4.05. The van der Waals surface area contributed by atoms with E-state index in [4.69, 9.17) is 8.94 Å². The standard InChI is InChI=1S/C21H18N2O3S/c1-15-9-10-18(27-15)14-23(13-17-8-5-11-25-17)21(24)20-12-19(22-26-20)16-6-3-2-4-7-16/h2-12H,13-14H2,1H3. The fourth-order valence-electron chi connectivity index (χ4n) is 2.83. The molecule has 1 aromatic carbocycles. The van der Waals surface area contributed by atoms with Crippen molar-refractivity contribution in [1.29, 1.82) is 0 Å². The third kappa shape index (κ3) is 4.01. The second kappa shape index (κ2) is 7.63. The van der Waals surface area contributed by atoms with Gasteiger partial charge in [-0.25, -0.2) is 0 Å². The molecule has 136 valence electrons. The number of benzene rings is 1. The molecule has 0 bridgehead atoms. The quantitative estimate of drug-likeness (QED) is 0.466. The van der Waals surface area contributed by atoms with Gasteiger partial charge in [0.1, 0.15) is 11.5 Å². The van der Waals surface area contributed by atoms with Crippen molar-refractivity contribution in [3.8, 4) is 11.3 Å². The molecule has 0 aliphatic heterocycles. The maximum absolute atomic E-state index is 13.1. The Morgan fingerprint density at radius 3 is 2.63 bits per heavy atom. The van der Waals surface area contributed by atoms with Gasteiger partial charge in [-0.3, -0.25) is 4.79 Å². The molecule has 3 heterocycles. The molecule has 4 aromatic rings. The number of hydrogen-bond donors (Lipinski definition) is 0. The van der Waals surface area contributed by atoms with E-state index in [9.17, 15) is 4.79 Å². The highest BCUT2D eigenvalue weighted by Crippen LogP contribution is 2.23. The van der Waals surface area contributed by atoms with Gasteiger partial charge in [0.2, 0.25) is 5.76 Å². The van der Waals surface area contributed by atoms with Gasteiger partial charge >= 0.3 is 0 Å². The summed E-state index contributed by atoms with van der Waals surface area (Å²) in [6.07, 6.45) is 1.61. The number of carbonyl (C=O) groups is 1. The summed E-state index contributed by atoms with van der Waals surface area (Å²) in [7, 11) is 0. The first kappa shape index (κ1) is 17.3. The van der Waals surface area contributed by atoms with Gasteiger partial charge in [-0.05, 0) is 31.2 Å². The largest absolute Gasteiger partial charge is 0.467 e. The Morgan fingerprint density at radius 1 is 1.07 bits per heavy atom. The van der Waals surface area contributed by atoms with E-state index in [1.54, 1.807) is 28.6 Å². The summed E-state index contributed by atoms with van der Waals surface area (Å²) in [5.74, 6) is 0.722. The fraction of sp³-hybridized carbons (Fsp3) is 0.143. The van der Waals surface area contributed by atoms with Gasteiger partial charge in [0.25, 0.3) is 5.91 Å². The van der Waals surface area contributed by atoms with Crippen LogP contribution in [0.15, 0.2) is 75.9 Å². The average Bonchev–Trinajstić information content (AvgIpc) is 3.44. The molecule has 6 heteroatoms. The maximum atomic E-state index is 13.1. The molecule has 4 rings (SSSR count). The van der Waals surface area contributed by atoms with Gasteiger partial charge < -0.3 is 13.8 Å². The molecule has 0 spiro atoms. The summed E-state index contributed by atoms with van der Waals surface area (Å²) < 4.78 is 10.8. The zero-order valence-corrected chi connectivity index (χ0v) is 15.6. The first-order valence-corrected chi connectivity index (χ1v) is 9.40. The second-order valence-electron chi connectivity index (χ2n) is 6.20. The van der Waals surface area contributed by atoms with Gasteiger partial charge in [0, 0.05) is 21.4 Å². The Hall–Kier alpha value is -3.12. The summed E-state index contributed by atoms with van der Waals surface area (Å²) in [6.45, 7) is 2.90. The van der Waals surface area contributed by atoms with Crippen molar-refractivity contribution in [2.75, 3.05) is 0 Å². The second-order valence-corrected chi connectivity index (χ2v) is 7.57. The van der Waals surface area contributed by atoms with E-state index < -0.39 is 0 Å². The highest BCUT2D eigenvalue weighted by molar-refractivity contribution is 7.11. The zero-order valence-electron chi connectivity index (χ0n) is 14.8. The van der Waals surface area contributed by atoms with Crippen LogP contribution in [0.2, 0.25) is 0 Å². The minimum Gasteiger partial charge on any atom is -0.467 e. The van der Waals surface area contributed by atoms with E-state index in [1.807, 2.05) is 48.5 Å². The Bertz CT molecular complexity index is 1020. The van der Waals surface area contributed by atoms with Crippen LogP contribution >= 0.6 is 11.3 Å². The molecule has 3 aromatic heterocycles. The molecule has 0 unspecified atom stereocenters. The Morgan fingerprint density at radius 2 is 1.93 bits per heavy atom. The van der Waals surface area contributed by atoms with Crippen LogP contribution in [0.4, 0.5) is 0 Å².